The van der Waals surface area contributed by atoms with Crippen molar-refractivity contribution < 1.29 is 37.0 Å². The number of furan rings is 1. The van der Waals surface area contributed by atoms with E-state index in [1.807, 2.05) is 6.07 Å². The second-order valence-electron chi connectivity index (χ2n) is 11.8. The SMILES string of the molecule is CNc1cc(-c2cnc(OC3C[C@@H](C(=O)O)N(c4nc(C(F)F)nc5c4oc4ccccc45)C3)c([C@@]3(F)CCOC[C@@H]3C)c2)ccn1. The molecule has 11 nitrogen and oxygen atoms in total. The number of nitrogens with one attached hydrogen (secondary N) is 1. The lowest BCUT2D eigenvalue weighted by molar-refractivity contribution is -0.138. The highest BCUT2D eigenvalue weighted by Gasteiger charge is 2.46. The van der Waals surface area contributed by atoms with E-state index in [0.29, 0.717) is 22.4 Å². The summed E-state index contributed by atoms with van der Waals surface area (Å²) in [5.74, 6) is -1.92. The highest BCUT2D eigenvalue weighted by Crippen LogP contribution is 2.46. The molecule has 0 aliphatic carbocycles. The number of benzene rings is 1. The molecule has 4 atom stereocenters. The summed E-state index contributed by atoms with van der Waals surface area (Å²) in [6.07, 6.45) is -0.599. The van der Waals surface area contributed by atoms with E-state index >= 15 is 4.39 Å². The number of para-hydroxylation sites is 1. The number of alkyl halides is 3. The third kappa shape index (κ3) is 5.45. The van der Waals surface area contributed by atoms with Gasteiger partial charge in [0, 0.05) is 55.8 Å². The van der Waals surface area contributed by atoms with Gasteiger partial charge in [-0.25, -0.2) is 37.9 Å². The fourth-order valence-corrected chi connectivity index (χ4v) is 6.40. The van der Waals surface area contributed by atoms with Gasteiger partial charge < -0.3 is 29.2 Å². The number of carbonyl (C=O) groups is 1. The molecule has 0 saturated carbocycles. The lowest BCUT2D eigenvalue weighted by atomic mass is 9.80. The average molecular weight is 649 g/mol. The Balaban J connectivity index is 1.28. The van der Waals surface area contributed by atoms with Crippen molar-refractivity contribution in [3.8, 4) is 17.0 Å². The molecule has 2 N–H and O–H groups in total. The van der Waals surface area contributed by atoms with Gasteiger partial charge >= 0.3 is 5.97 Å². The number of carboxylic acid groups (broad SMARTS) is 1. The van der Waals surface area contributed by atoms with Gasteiger partial charge in [0.05, 0.1) is 18.7 Å². The Morgan fingerprint density at radius 1 is 1.17 bits per heavy atom. The van der Waals surface area contributed by atoms with Gasteiger partial charge in [-0.1, -0.05) is 19.1 Å². The lowest BCUT2D eigenvalue weighted by Crippen LogP contribution is -2.38. The molecule has 2 aliphatic heterocycles. The van der Waals surface area contributed by atoms with E-state index in [1.165, 1.54) is 4.90 Å². The molecule has 0 amide bonds. The minimum atomic E-state index is -3.01. The van der Waals surface area contributed by atoms with Crippen molar-refractivity contribution in [3.05, 3.63) is 66.2 Å². The van der Waals surface area contributed by atoms with Gasteiger partial charge in [-0.05, 0) is 35.9 Å². The zero-order valence-corrected chi connectivity index (χ0v) is 25.5. The Morgan fingerprint density at radius 3 is 2.77 bits per heavy atom. The molecule has 2 fully saturated rings. The molecule has 1 aromatic carbocycles. The summed E-state index contributed by atoms with van der Waals surface area (Å²) < 4.78 is 62.9. The molecule has 47 heavy (non-hydrogen) atoms. The Hall–Kier alpha value is -4.98. The normalized spacial score (nSPS) is 23.1. The molecule has 7 rings (SSSR count). The molecule has 2 aliphatic rings. The topological polar surface area (TPSA) is 136 Å². The van der Waals surface area contributed by atoms with E-state index in [1.54, 1.807) is 62.8 Å². The van der Waals surface area contributed by atoms with E-state index in [2.05, 4.69) is 25.3 Å². The van der Waals surface area contributed by atoms with Crippen molar-refractivity contribution in [1.82, 2.24) is 19.9 Å². The van der Waals surface area contributed by atoms with Gasteiger partial charge in [-0.15, -0.1) is 0 Å². The first kappa shape index (κ1) is 30.7. The first-order valence-electron chi connectivity index (χ1n) is 15.2. The van der Waals surface area contributed by atoms with Crippen LogP contribution in [-0.2, 0) is 15.2 Å². The number of carboxylic acids is 1. The quantitative estimate of drug-likeness (QED) is 0.201. The number of aromatic nitrogens is 4. The van der Waals surface area contributed by atoms with Crippen molar-refractivity contribution in [3.63, 3.8) is 0 Å². The molecule has 14 heteroatoms. The predicted molar refractivity (Wildman–Crippen MR) is 166 cm³/mol. The largest absolute Gasteiger partial charge is 0.480 e. The zero-order chi connectivity index (χ0) is 32.9. The summed E-state index contributed by atoms with van der Waals surface area (Å²) in [7, 11) is 1.75. The molecule has 2 saturated heterocycles. The Kier molecular flexibility index (Phi) is 7.82. The third-order valence-electron chi connectivity index (χ3n) is 8.92. The van der Waals surface area contributed by atoms with Crippen LogP contribution >= 0.6 is 0 Å². The van der Waals surface area contributed by atoms with Crippen molar-refractivity contribution in [1.29, 1.82) is 0 Å². The second kappa shape index (κ2) is 12.0. The first-order chi connectivity index (χ1) is 22.7. The number of hydrogen-bond donors (Lipinski definition) is 2. The highest BCUT2D eigenvalue weighted by molar-refractivity contribution is 6.06. The third-order valence-corrected chi connectivity index (χ3v) is 8.92. The molecule has 0 spiro atoms. The van der Waals surface area contributed by atoms with Crippen LogP contribution in [0.25, 0.3) is 33.2 Å². The molecular formula is C33H31F3N6O5. The smallest absolute Gasteiger partial charge is 0.326 e. The van der Waals surface area contributed by atoms with E-state index in [0.717, 1.165) is 5.56 Å². The van der Waals surface area contributed by atoms with Crippen molar-refractivity contribution in [2.75, 3.05) is 37.0 Å². The van der Waals surface area contributed by atoms with Crippen molar-refractivity contribution in [2.24, 2.45) is 5.92 Å². The number of rotatable bonds is 8. The van der Waals surface area contributed by atoms with Crippen LogP contribution in [0.5, 0.6) is 5.88 Å². The molecule has 4 aromatic heterocycles. The predicted octanol–water partition coefficient (Wildman–Crippen LogP) is 6.14. The highest BCUT2D eigenvalue weighted by atomic mass is 19.3. The van der Waals surface area contributed by atoms with Crippen LogP contribution in [0.1, 0.15) is 37.6 Å². The monoisotopic (exact) mass is 648 g/mol. The summed E-state index contributed by atoms with van der Waals surface area (Å²) >= 11 is 0. The number of nitrogens with zero attached hydrogens (tertiary/aromatic N) is 5. The maximum Gasteiger partial charge on any atom is 0.326 e. The molecule has 0 bridgehead atoms. The molecule has 6 heterocycles. The van der Waals surface area contributed by atoms with E-state index in [4.69, 9.17) is 13.9 Å². The second-order valence-corrected chi connectivity index (χ2v) is 11.8. The number of hydrogen-bond acceptors (Lipinski definition) is 10. The van der Waals surface area contributed by atoms with Gasteiger partial charge in [0.2, 0.25) is 5.88 Å². The zero-order valence-electron chi connectivity index (χ0n) is 25.5. The summed E-state index contributed by atoms with van der Waals surface area (Å²) in [5.41, 5.74) is 0.416. The van der Waals surface area contributed by atoms with Gasteiger partial charge in [-0.2, -0.15) is 0 Å². The van der Waals surface area contributed by atoms with Crippen LogP contribution in [-0.4, -0.2) is 70.0 Å². The first-order valence-corrected chi connectivity index (χ1v) is 15.2. The van der Waals surface area contributed by atoms with Crippen LogP contribution in [0.4, 0.5) is 24.8 Å². The summed E-state index contributed by atoms with van der Waals surface area (Å²) in [6, 6.07) is 10.9. The average Bonchev–Trinajstić information content (AvgIpc) is 3.68. The Bertz CT molecular complexity index is 1970. The van der Waals surface area contributed by atoms with Crippen molar-refractivity contribution >= 4 is 39.7 Å². The van der Waals surface area contributed by atoms with E-state index in [9.17, 15) is 18.7 Å². The Labute approximate surface area is 266 Å². The van der Waals surface area contributed by atoms with Gasteiger partial charge in [0.15, 0.2) is 17.2 Å². The van der Waals surface area contributed by atoms with Crippen LogP contribution in [0.3, 0.4) is 0 Å². The van der Waals surface area contributed by atoms with Crippen LogP contribution in [0.2, 0.25) is 0 Å². The summed E-state index contributed by atoms with van der Waals surface area (Å²) in [4.78, 5) is 30.9. The van der Waals surface area contributed by atoms with Gasteiger partial charge in [0.1, 0.15) is 34.7 Å². The molecule has 244 valence electrons. The van der Waals surface area contributed by atoms with E-state index < -0.39 is 42.0 Å². The fraction of sp³-hybridized carbons (Fsp3) is 0.364. The number of halogens is 3. The maximum absolute atomic E-state index is 17.0. The summed E-state index contributed by atoms with van der Waals surface area (Å²) in [6.45, 7) is 2.09. The molecular weight excluding hydrogens is 617 g/mol. The molecule has 1 unspecified atom stereocenters. The molecule has 0 radical (unpaired) electrons. The standard InChI is InChI=1S/C33H31F3N6O5/c1-17-16-45-10-8-33(17,36)22-11-19(18-7-9-38-25(12-18)37-2)14-39-31(22)46-20-13-23(32(43)44)42(15-20)30-27-26(40-29(41-30)28(34)35)21-5-3-4-6-24(21)47-27/h3-7,9,11-12,14,17,20,23,28H,8,10,13,15-16H2,1-2H3,(H,37,38)(H,43,44)/t17-,20?,23-,33+/m0/s1. The fourth-order valence-electron chi connectivity index (χ4n) is 6.40. The lowest BCUT2D eigenvalue weighted by Gasteiger charge is -2.37. The van der Waals surface area contributed by atoms with Crippen LogP contribution < -0.4 is 15.0 Å². The van der Waals surface area contributed by atoms with Crippen LogP contribution in [0.15, 0.2) is 59.3 Å². The minimum absolute atomic E-state index is 0.0220. The summed E-state index contributed by atoms with van der Waals surface area (Å²) in [5, 5.41) is 13.7. The van der Waals surface area contributed by atoms with E-state index in [-0.39, 0.29) is 61.0 Å². The molecule has 5 aromatic rings. The van der Waals surface area contributed by atoms with Gasteiger partial charge in [-0.3, -0.25) is 0 Å². The number of pyridine rings is 2. The maximum atomic E-state index is 17.0. The van der Waals surface area contributed by atoms with Crippen molar-refractivity contribution in [2.45, 2.75) is 44.0 Å². The minimum Gasteiger partial charge on any atom is -0.480 e. The van der Waals surface area contributed by atoms with Gasteiger partial charge in [0.25, 0.3) is 6.43 Å². The van der Waals surface area contributed by atoms with Crippen LogP contribution in [0, 0.1) is 5.92 Å². The Morgan fingerprint density at radius 2 is 2.00 bits per heavy atom. The number of ether oxygens (including phenoxy) is 2. The number of fused-ring (bicyclic) bond motifs is 3. The number of anilines is 2. The number of aliphatic carboxylic acids is 1.